The molecule has 1 heterocycles. The van der Waals surface area contributed by atoms with Gasteiger partial charge >= 0.3 is 0 Å². The Labute approximate surface area is 125 Å². The first-order valence-electron chi connectivity index (χ1n) is 6.07. The van der Waals surface area contributed by atoms with Crippen molar-refractivity contribution in [2.24, 2.45) is 7.05 Å². The fourth-order valence-corrected chi connectivity index (χ4v) is 2.55. The first kappa shape index (κ1) is 14.5. The zero-order valence-electron chi connectivity index (χ0n) is 11.5. The molecule has 0 radical (unpaired) electrons. The van der Waals surface area contributed by atoms with Gasteiger partial charge in [-0.25, -0.2) is 0 Å². The number of nitrogens with one attached hydrogen (secondary N) is 1. The molecule has 1 aromatic carbocycles. The van der Waals surface area contributed by atoms with Crippen molar-refractivity contribution < 1.29 is 4.92 Å². The van der Waals surface area contributed by atoms with Crippen molar-refractivity contribution >= 4 is 27.3 Å². The molecule has 2 rings (SSSR count). The Morgan fingerprint density at radius 2 is 2.15 bits per heavy atom. The molecule has 106 valence electrons. The summed E-state index contributed by atoms with van der Waals surface area (Å²) in [5.41, 5.74) is 4.12. The molecule has 0 unspecified atom stereocenters. The van der Waals surface area contributed by atoms with Crippen LogP contribution in [0.25, 0.3) is 0 Å². The Kier molecular flexibility index (Phi) is 4.08. The summed E-state index contributed by atoms with van der Waals surface area (Å²) in [6, 6.07) is 4.89. The smallest absolute Gasteiger partial charge is 0.283 e. The van der Waals surface area contributed by atoms with Crippen LogP contribution in [0.4, 0.5) is 11.4 Å². The van der Waals surface area contributed by atoms with Gasteiger partial charge in [0.05, 0.1) is 15.1 Å². The first-order chi connectivity index (χ1) is 9.40. The number of anilines is 1. The molecule has 0 aliphatic carbocycles. The van der Waals surface area contributed by atoms with Crippen LogP contribution in [-0.4, -0.2) is 14.7 Å². The number of rotatable bonds is 4. The summed E-state index contributed by atoms with van der Waals surface area (Å²) < 4.78 is 2.31. The van der Waals surface area contributed by atoms with E-state index in [0.717, 1.165) is 22.6 Å². The molecule has 0 amide bonds. The van der Waals surface area contributed by atoms with E-state index < -0.39 is 4.92 Å². The number of aromatic nitrogens is 2. The zero-order valence-corrected chi connectivity index (χ0v) is 13.1. The number of hydrogen-bond donors (Lipinski definition) is 1. The van der Waals surface area contributed by atoms with E-state index in [9.17, 15) is 10.1 Å². The molecule has 0 spiro atoms. The number of nitrogens with zero attached hydrogens (tertiary/aromatic N) is 3. The minimum atomic E-state index is -0.413. The van der Waals surface area contributed by atoms with Gasteiger partial charge in [-0.15, -0.1) is 0 Å². The number of halogens is 1. The average molecular weight is 339 g/mol. The molecule has 0 aliphatic heterocycles. The van der Waals surface area contributed by atoms with Gasteiger partial charge < -0.3 is 5.32 Å². The Morgan fingerprint density at radius 1 is 1.45 bits per heavy atom. The zero-order chi connectivity index (χ0) is 14.9. The van der Waals surface area contributed by atoms with Gasteiger partial charge in [-0.3, -0.25) is 14.8 Å². The van der Waals surface area contributed by atoms with Crippen molar-refractivity contribution in [1.29, 1.82) is 0 Å². The minimum absolute atomic E-state index is 0.0595. The van der Waals surface area contributed by atoms with E-state index in [0.29, 0.717) is 11.0 Å². The van der Waals surface area contributed by atoms with Gasteiger partial charge in [0, 0.05) is 36.6 Å². The van der Waals surface area contributed by atoms with E-state index in [4.69, 9.17) is 0 Å². The third kappa shape index (κ3) is 2.82. The molecule has 6 nitrogen and oxygen atoms in total. The van der Waals surface area contributed by atoms with E-state index in [1.165, 1.54) is 6.07 Å². The summed E-state index contributed by atoms with van der Waals surface area (Å²) in [5, 5.41) is 18.4. The summed E-state index contributed by atoms with van der Waals surface area (Å²) in [6.45, 7) is 4.62. The van der Waals surface area contributed by atoms with Gasteiger partial charge in [-0.1, -0.05) is 0 Å². The summed E-state index contributed by atoms with van der Waals surface area (Å²) in [6.07, 6.45) is 0. The Balaban J connectivity index is 2.15. The highest BCUT2D eigenvalue weighted by atomic mass is 79.9. The van der Waals surface area contributed by atoms with Crippen molar-refractivity contribution in [2.75, 3.05) is 5.32 Å². The Hall–Kier alpha value is -1.89. The second-order valence-electron chi connectivity index (χ2n) is 4.55. The third-order valence-electron chi connectivity index (χ3n) is 3.27. The molecule has 0 aliphatic rings. The molecule has 7 heteroatoms. The third-order valence-corrected chi connectivity index (χ3v) is 3.91. The lowest BCUT2D eigenvalue weighted by atomic mass is 10.2. The summed E-state index contributed by atoms with van der Waals surface area (Å²) >= 11 is 3.21. The largest absolute Gasteiger partial charge is 0.381 e. The number of nitro groups is 1. The maximum atomic E-state index is 10.7. The van der Waals surface area contributed by atoms with E-state index in [2.05, 4.69) is 26.3 Å². The van der Waals surface area contributed by atoms with E-state index in [1.54, 1.807) is 12.1 Å². The molecule has 0 bridgehead atoms. The highest BCUT2D eigenvalue weighted by Gasteiger charge is 2.13. The lowest BCUT2D eigenvalue weighted by Crippen LogP contribution is -2.02. The van der Waals surface area contributed by atoms with Crippen LogP contribution in [0.3, 0.4) is 0 Å². The van der Waals surface area contributed by atoms with Crippen LogP contribution in [0, 0.1) is 24.0 Å². The molecule has 1 aromatic heterocycles. The van der Waals surface area contributed by atoms with Crippen LogP contribution in [0.5, 0.6) is 0 Å². The van der Waals surface area contributed by atoms with Gasteiger partial charge in [0.15, 0.2) is 0 Å². The van der Waals surface area contributed by atoms with Crippen LogP contribution >= 0.6 is 15.9 Å². The standard InChI is InChI=1S/C13H15BrN4O2/c1-8-11(9(2)17(3)16-8)7-15-10-4-5-13(18(19)20)12(14)6-10/h4-6,15H,7H2,1-3H3. The number of benzene rings is 1. The van der Waals surface area contributed by atoms with Crippen LogP contribution < -0.4 is 5.32 Å². The van der Waals surface area contributed by atoms with Crippen LogP contribution in [0.1, 0.15) is 17.0 Å². The second kappa shape index (κ2) is 5.62. The normalized spacial score (nSPS) is 10.6. The molecule has 20 heavy (non-hydrogen) atoms. The molecular formula is C13H15BrN4O2. The van der Waals surface area contributed by atoms with Crippen molar-refractivity contribution in [3.05, 3.63) is 49.7 Å². The lowest BCUT2D eigenvalue weighted by Gasteiger charge is -2.07. The van der Waals surface area contributed by atoms with Gasteiger partial charge in [-0.05, 0) is 41.9 Å². The SMILES string of the molecule is Cc1nn(C)c(C)c1CNc1ccc([N+](=O)[O-])c(Br)c1. The summed E-state index contributed by atoms with van der Waals surface area (Å²) in [7, 11) is 1.91. The van der Waals surface area contributed by atoms with Crippen molar-refractivity contribution in [3.63, 3.8) is 0 Å². The molecule has 0 saturated heterocycles. The molecule has 0 atom stereocenters. The van der Waals surface area contributed by atoms with Crippen molar-refractivity contribution in [3.8, 4) is 0 Å². The maximum absolute atomic E-state index is 10.7. The van der Waals surface area contributed by atoms with Crippen molar-refractivity contribution in [2.45, 2.75) is 20.4 Å². The Bertz CT molecular complexity index is 667. The molecule has 0 saturated carbocycles. The van der Waals surface area contributed by atoms with Gasteiger partial charge in [0.1, 0.15) is 0 Å². The first-order valence-corrected chi connectivity index (χ1v) is 6.86. The fourth-order valence-electron chi connectivity index (χ4n) is 2.03. The van der Waals surface area contributed by atoms with Crippen molar-refractivity contribution in [1.82, 2.24) is 9.78 Å². The predicted octanol–water partition coefficient (Wildman–Crippen LogP) is 3.32. The highest BCUT2D eigenvalue weighted by Crippen LogP contribution is 2.28. The molecule has 2 aromatic rings. The topological polar surface area (TPSA) is 73.0 Å². The lowest BCUT2D eigenvalue weighted by molar-refractivity contribution is -0.385. The van der Waals surface area contributed by atoms with Gasteiger partial charge in [0.25, 0.3) is 5.69 Å². The predicted molar refractivity (Wildman–Crippen MR) is 80.8 cm³/mol. The number of hydrogen-bond acceptors (Lipinski definition) is 4. The van der Waals surface area contributed by atoms with Gasteiger partial charge in [-0.2, -0.15) is 5.10 Å². The number of aryl methyl sites for hydroxylation is 2. The molecule has 0 fully saturated rings. The monoisotopic (exact) mass is 338 g/mol. The van der Waals surface area contributed by atoms with Crippen LogP contribution in [0.2, 0.25) is 0 Å². The highest BCUT2D eigenvalue weighted by molar-refractivity contribution is 9.10. The summed E-state index contributed by atoms with van der Waals surface area (Å²) in [4.78, 5) is 10.3. The Morgan fingerprint density at radius 3 is 2.65 bits per heavy atom. The minimum Gasteiger partial charge on any atom is -0.381 e. The number of nitro benzene ring substituents is 1. The quantitative estimate of drug-likeness (QED) is 0.685. The second-order valence-corrected chi connectivity index (χ2v) is 5.40. The molecular weight excluding hydrogens is 324 g/mol. The fraction of sp³-hybridized carbons (Fsp3) is 0.308. The van der Waals surface area contributed by atoms with E-state index in [1.807, 2.05) is 25.6 Å². The van der Waals surface area contributed by atoms with Crippen LogP contribution in [-0.2, 0) is 13.6 Å². The van der Waals surface area contributed by atoms with E-state index in [-0.39, 0.29) is 5.69 Å². The van der Waals surface area contributed by atoms with Crippen LogP contribution in [0.15, 0.2) is 22.7 Å². The summed E-state index contributed by atoms with van der Waals surface area (Å²) in [5.74, 6) is 0. The van der Waals surface area contributed by atoms with E-state index >= 15 is 0 Å². The maximum Gasteiger partial charge on any atom is 0.283 e. The molecule has 1 N–H and O–H groups in total. The average Bonchev–Trinajstić information content (AvgIpc) is 2.61. The van der Waals surface area contributed by atoms with Gasteiger partial charge in [0.2, 0.25) is 0 Å².